The Bertz CT molecular complexity index is 782. The van der Waals surface area contributed by atoms with Crippen molar-refractivity contribution < 1.29 is 22.0 Å². The SMILES string of the molecule is CC(C)[CH2][AlH][CH2]C(C)C.FC(F)(F)C(F)(F)c1ccc(CNCCc2ccc(Cl)cc2)cc1. The van der Waals surface area contributed by atoms with E-state index in [0.29, 0.717) is 38.9 Å². The number of hydrogen-bond acceptors (Lipinski definition) is 1. The van der Waals surface area contributed by atoms with Gasteiger partial charge >= 0.3 is 12.1 Å². The number of rotatable bonds is 10. The normalized spacial score (nSPS) is 12.0. The van der Waals surface area contributed by atoms with Crippen LogP contribution in [0.3, 0.4) is 0 Å². The van der Waals surface area contributed by atoms with Crippen LogP contribution in [0.4, 0.5) is 22.0 Å². The molecule has 0 radical (unpaired) electrons. The molecule has 0 saturated heterocycles. The van der Waals surface area contributed by atoms with Crippen molar-refractivity contribution >= 4 is 26.8 Å². The molecule has 8 heteroatoms. The molecule has 0 aliphatic carbocycles. The first-order valence-corrected chi connectivity index (χ1v) is 13.7. The molecule has 0 fully saturated rings. The van der Waals surface area contributed by atoms with Gasteiger partial charge in [-0.25, -0.2) is 0 Å². The van der Waals surface area contributed by atoms with E-state index >= 15 is 0 Å². The average Bonchev–Trinajstić information content (AvgIpc) is 2.72. The third kappa shape index (κ3) is 11.7. The fraction of sp³-hybridized carbons (Fsp3) is 0.520. The van der Waals surface area contributed by atoms with Crippen LogP contribution in [0.5, 0.6) is 0 Å². The molecule has 0 amide bonds. The molecule has 0 bridgehead atoms. The van der Waals surface area contributed by atoms with E-state index in [-0.39, 0.29) is 0 Å². The third-order valence-corrected chi connectivity index (χ3v) is 8.45. The molecule has 0 heterocycles. The Morgan fingerprint density at radius 3 is 1.73 bits per heavy atom. The highest BCUT2D eigenvalue weighted by Crippen LogP contribution is 2.43. The zero-order chi connectivity index (χ0) is 25.1. The highest BCUT2D eigenvalue weighted by molar-refractivity contribution is 6.35. The van der Waals surface area contributed by atoms with Crippen LogP contribution < -0.4 is 5.32 Å². The molecule has 0 spiro atoms. The van der Waals surface area contributed by atoms with E-state index in [0.717, 1.165) is 36.0 Å². The standard InChI is InChI=1S/C17H15ClF5N.2C4H9.Al.H/c18-15-7-3-12(4-8-15)9-10-24-11-13-1-5-14(6-2-13)16(19,20)17(21,22)23;2*1-4(2)3;;/h1-8,24H,9-11H2;2*4H,1H2,2-3H3;;. The largest absolute Gasteiger partial charge is 0.458 e. The van der Waals surface area contributed by atoms with Gasteiger partial charge in [-0.05, 0) is 36.2 Å². The van der Waals surface area contributed by atoms with Gasteiger partial charge in [0.15, 0.2) is 0 Å². The minimum atomic E-state index is -5.59. The summed E-state index contributed by atoms with van der Waals surface area (Å²) in [7, 11) is 0. The van der Waals surface area contributed by atoms with Gasteiger partial charge in [0.2, 0.25) is 15.2 Å². The maximum absolute atomic E-state index is 13.2. The van der Waals surface area contributed by atoms with E-state index < -0.39 is 17.7 Å². The molecule has 0 aliphatic rings. The molecule has 0 aliphatic heterocycles. The Morgan fingerprint density at radius 2 is 1.27 bits per heavy atom. The van der Waals surface area contributed by atoms with Gasteiger partial charge in [-0.3, -0.25) is 0 Å². The lowest BCUT2D eigenvalue weighted by molar-refractivity contribution is -0.289. The predicted octanol–water partition coefficient (Wildman–Crippen LogP) is 7.90. The Kier molecular flexibility index (Phi) is 13.0. The van der Waals surface area contributed by atoms with Crippen LogP contribution in [0.1, 0.15) is 44.4 Å². The fourth-order valence-corrected chi connectivity index (χ4v) is 5.04. The monoisotopic (exact) mass is 505 g/mol. The van der Waals surface area contributed by atoms with E-state index in [1.54, 1.807) is 12.1 Å². The summed E-state index contributed by atoms with van der Waals surface area (Å²) in [5.41, 5.74) is 0.666. The lowest BCUT2D eigenvalue weighted by Gasteiger charge is -2.20. The molecule has 0 atom stereocenters. The maximum atomic E-state index is 13.2. The molecule has 0 unspecified atom stereocenters. The van der Waals surface area contributed by atoms with E-state index in [4.69, 9.17) is 11.6 Å². The molecule has 2 rings (SSSR count). The number of hydrogen-bond donors (Lipinski definition) is 1. The zero-order valence-corrected chi connectivity index (χ0v) is 22.0. The maximum Gasteiger partial charge on any atom is 0.458 e. The first-order valence-electron chi connectivity index (χ1n) is 11.3. The summed E-state index contributed by atoms with van der Waals surface area (Å²) in [6, 6.07) is 11.5. The predicted molar refractivity (Wildman–Crippen MR) is 130 cm³/mol. The fourth-order valence-electron chi connectivity index (χ4n) is 3.05. The van der Waals surface area contributed by atoms with Crippen LogP contribution in [0, 0.1) is 11.8 Å². The molecule has 0 saturated carbocycles. The smallest absolute Gasteiger partial charge is 0.312 e. The molecule has 1 N–H and O–H groups in total. The van der Waals surface area contributed by atoms with E-state index in [1.807, 2.05) is 12.1 Å². The van der Waals surface area contributed by atoms with E-state index in [2.05, 4.69) is 33.0 Å². The minimum absolute atomic E-state index is 0.316. The van der Waals surface area contributed by atoms with Crippen molar-refractivity contribution in [3.8, 4) is 0 Å². The van der Waals surface area contributed by atoms with Crippen molar-refractivity contribution in [1.82, 2.24) is 5.32 Å². The summed E-state index contributed by atoms with van der Waals surface area (Å²) in [5, 5.41) is 6.85. The van der Waals surface area contributed by atoms with Gasteiger partial charge in [-0.2, -0.15) is 22.0 Å². The number of benzene rings is 2. The van der Waals surface area contributed by atoms with Crippen LogP contribution in [0.25, 0.3) is 0 Å². The second kappa shape index (κ2) is 14.3. The zero-order valence-electron chi connectivity index (χ0n) is 19.8. The van der Waals surface area contributed by atoms with Crippen LogP contribution in [0.15, 0.2) is 48.5 Å². The third-order valence-electron chi connectivity index (χ3n) is 5.07. The minimum Gasteiger partial charge on any atom is -0.312 e. The summed E-state index contributed by atoms with van der Waals surface area (Å²) in [4.78, 5) is 0. The number of nitrogens with one attached hydrogen (secondary N) is 1. The summed E-state index contributed by atoms with van der Waals surface area (Å²) < 4.78 is 63.2. The van der Waals surface area contributed by atoms with Crippen molar-refractivity contribution in [2.45, 2.75) is 63.3 Å². The Hall–Kier alpha value is -1.13. The van der Waals surface area contributed by atoms with Crippen LogP contribution in [-0.2, 0) is 18.9 Å². The van der Waals surface area contributed by atoms with Crippen molar-refractivity contribution in [1.29, 1.82) is 0 Å². The van der Waals surface area contributed by atoms with Gasteiger partial charge in [0.1, 0.15) is 0 Å². The van der Waals surface area contributed by atoms with Gasteiger partial charge in [0.25, 0.3) is 0 Å². The van der Waals surface area contributed by atoms with Crippen molar-refractivity contribution in [3.63, 3.8) is 0 Å². The molecule has 1 nitrogen and oxygen atoms in total. The Morgan fingerprint density at radius 1 is 0.788 bits per heavy atom. The molecule has 2 aromatic carbocycles. The van der Waals surface area contributed by atoms with Gasteiger partial charge < -0.3 is 5.32 Å². The molecule has 0 aromatic heterocycles. The molecule has 33 heavy (non-hydrogen) atoms. The molecule has 184 valence electrons. The molecular weight excluding hydrogens is 472 g/mol. The summed E-state index contributed by atoms with van der Waals surface area (Å²) in [5.74, 6) is -2.93. The topological polar surface area (TPSA) is 12.0 Å². The summed E-state index contributed by atoms with van der Waals surface area (Å²) in [6.07, 6.45) is -4.84. The Labute approximate surface area is 205 Å². The summed E-state index contributed by atoms with van der Waals surface area (Å²) >= 11 is 6.10. The number of alkyl halides is 5. The number of halogens is 6. The molecule has 2 aromatic rings. The van der Waals surface area contributed by atoms with Crippen LogP contribution in [-0.4, -0.2) is 27.9 Å². The van der Waals surface area contributed by atoms with Crippen molar-refractivity contribution in [2.75, 3.05) is 6.54 Å². The second-order valence-electron chi connectivity index (χ2n) is 9.04. The van der Waals surface area contributed by atoms with E-state index in [9.17, 15) is 22.0 Å². The van der Waals surface area contributed by atoms with Crippen LogP contribution in [0.2, 0.25) is 15.6 Å². The highest BCUT2D eigenvalue weighted by Gasteiger charge is 2.58. The van der Waals surface area contributed by atoms with Crippen molar-refractivity contribution in [2.24, 2.45) is 11.8 Å². The van der Waals surface area contributed by atoms with E-state index in [1.165, 1.54) is 22.7 Å². The van der Waals surface area contributed by atoms with Gasteiger partial charge in [-0.15, -0.1) is 0 Å². The van der Waals surface area contributed by atoms with Gasteiger partial charge in [0, 0.05) is 17.1 Å². The second-order valence-corrected chi connectivity index (χ2v) is 11.3. The lowest BCUT2D eigenvalue weighted by Crippen LogP contribution is -2.33. The average molecular weight is 506 g/mol. The van der Waals surface area contributed by atoms with Crippen LogP contribution >= 0.6 is 11.6 Å². The summed E-state index contributed by atoms with van der Waals surface area (Å²) in [6.45, 7) is 10.3. The lowest BCUT2D eigenvalue weighted by atomic mass is 10.1. The van der Waals surface area contributed by atoms with Gasteiger partial charge in [0.05, 0.1) is 0 Å². The Balaban J connectivity index is 0.000000513. The van der Waals surface area contributed by atoms with Gasteiger partial charge in [-0.1, -0.05) is 98.1 Å². The molecular formula is C25H34AlClF5N. The first kappa shape index (κ1) is 29.9. The van der Waals surface area contributed by atoms with Crippen molar-refractivity contribution in [3.05, 3.63) is 70.2 Å². The quantitative estimate of drug-likeness (QED) is 0.196. The first-order chi connectivity index (χ1) is 15.3. The highest BCUT2D eigenvalue weighted by atomic mass is 35.5.